The normalized spacial score (nSPS) is 21.0. The van der Waals surface area contributed by atoms with E-state index in [9.17, 15) is 18.8 Å². The Morgan fingerprint density at radius 2 is 1.53 bits per heavy atom. The van der Waals surface area contributed by atoms with Crippen molar-refractivity contribution in [3.8, 4) is 11.5 Å². The lowest BCUT2D eigenvalue weighted by molar-refractivity contribution is 0.0665. The summed E-state index contributed by atoms with van der Waals surface area (Å²) in [7, 11) is 3.02. The van der Waals surface area contributed by atoms with Crippen LogP contribution in [-0.2, 0) is 0 Å². The number of rotatable bonds is 5. The molecule has 0 aromatic heterocycles. The fourth-order valence-electron chi connectivity index (χ4n) is 7.15. The van der Waals surface area contributed by atoms with Crippen LogP contribution in [0.5, 0.6) is 11.5 Å². The monoisotopic (exact) mass is 593 g/mol. The molecule has 1 spiro atoms. The van der Waals surface area contributed by atoms with E-state index < -0.39 is 29.2 Å². The van der Waals surface area contributed by atoms with E-state index in [4.69, 9.17) is 21.1 Å². The number of Topliss-reactive ketones (excluding diaryl/α,β-unsaturated/α-hetero) is 3. The SMILES string of the molecule is COc1ccc([C@@H]2[C@H](C(=O)c3ccc(Cl)cc3)N3c4ccc(F)cc4C=C[C@@H]3C23C(=O)c2ccccc2C3=O)cc1OC. The first kappa shape index (κ1) is 27.1. The molecule has 1 saturated heterocycles. The van der Waals surface area contributed by atoms with Gasteiger partial charge in [-0.15, -0.1) is 0 Å². The van der Waals surface area contributed by atoms with Gasteiger partial charge in [-0.25, -0.2) is 4.39 Å². The highest BCUT2D eigenvalue weighted by Crippen LogP contribution is 2.61. The number of methoxy groups -OCH3 is 2. The van der Waals surface area contributed by atoms with Gasteiger partial charge in [0.2, 0.25) is 0 Å². The summed E-state index contributed by atoms with van der Waals surface area (Å²) in [6, 6.07) is 20.9. The van der Waals surface area contributed by atoms with E-state index in [-0.39, 0.29) is 17.3 Å². The number of hydrogen-bond acceptors (Lipinski definition) is 6. The molecule has 7 rings (SSSR count). The molecule has 0 unspecified atom stereocenters. The maximum atomic E-state index is 14.7. The Morgan fingerprint density at radius 3 is 2.19 bits per heavy atom. The van der Waals surface area contributed by atoms with Crippen LogP contribution >= 0.6 is 11.6 Å². The van der Waals surface area contributed by atoms with E-state index in [1.807, 2.05) is 4.90 Å². The zero-order valence-electron chi connectivity index (χ0n) is 23.2. The van der Waals surface area contributed by atoms with Crippen LogP contribution < -0.4 is 14.4 Å². The van der Waals surface area contributed by atoms with E-state index in [1.165, 1.54) is 26.4 Å². The van der Waals surface area contributed by atoms with E-state index in [0.717, 1.165) is 0 Å². The second-order valence-corrected chi connectivity index (χ2v) is 11.3. The lowest BCUT2D eigenvalue weighted by atomic mass is 9.64. The van der Waals surface area contributed by atoms with Gasteiger partial charge in [-0.3, -0.25) is 14.4 Å². The Kier molecular flexibility index (Phi) is 6.25. The number of benzene rings is 4. The Labute approximate surface area is 252 Å². The lowest BCUT2D eigenvalue weighted by Gasteiger charge is -2.37. The molecule has 4 aromatic rings. The van der Waals surface area contributed by atoms with Crippen molar-refractivity contribution >= 4 is 40.7 Å². The molecule has 3 aliphatic rings. The van der Waals surface area contributed by atoms with Crippen LogP contribution in [0.2, 0.25) is 5.02 Å². The molecule has 214 valence electrons. The number of hydrogen-bond donors (Lipinski definition) is 0. The quantitative estimate of drug-likeness (QED) is 0.187. The third kappa shape index (κ3) is 3.74. The van der Waals surface area contributed by atoms with Gasteiger partial charge in [0.1, 0.15) is 17.3 Å². The Bertz CT molecular complexity index is 1830. The summed E-state index contributed by atoms with van der Waals surface area (Å²) in [5, 5.41) is 0.465. The van der Waals surface area contributed by atoms with Crippen molar-refractivity contribution in [3.63, 3.8) is 0 Å². The smallest absolute Gasteiger partial charge is 0.185 e. The zero-order valence-corrected chi connectivity index (χ0v) is 24.0. The van der Waals surface area contributed by atoms with Crippen molar-refractivity contribution in [2.75, 3.05) is 19.1 Å². The van der Waals surface area contributed by atoms with Crippen molar-refractivity contribution in [3.05, 3.63) is 130 Å². The van der Waals surface area contributed by atoms with Crippen molar-refractivity contribution in [1.29, 1.82) is 0 Å². The number of carbonyl (C=O) groups is 3. The molecule has 8 heteroatoms. The van der Waals surface area contributed by atoms with Gasteiger partial charge in [-0.05, 0) is 60.2 Å². The molecule has 0 amide bonds. The van der Waals surface area contributed by atoms with Gasteiger partial charge in [-0.2, -0.15) is 0 Å². The number of ketones is 3. The number of nitrogens with zero attached hydrogens (tertiary/aromatic N) is 1. The largest absolute Gasteiger partial charge is 0.493 e. The van der Waals surface area contributed by atoms with Crippen molar-refractivity contribution in [2.24, 2.45) is 5.41 Å². The first-order valence-corrected chi connectivity index (χ1v) is 14.2. The van der Waals surface area contributed by atoms with Gasteiger partial charge in [0.25, 0.3) is 0 Å². The summed E-state index contributed by atoms with van der Waals surface area (Å²) in [6.45, 7) is 0. The van der Waals surface area contributed by atoms with Gasteiger partial charge in [-0.1, -0.05) is 54.1 Å². The predicted molar refractivity (Wildman–Crippen MR) is 161 cm³/mol. The molecule has 3 atom stereocenters. The fraction of sp³-hybridized carbons (Fsp3) is 0.171. The first-order chi connectivity index (χ1) is 20.8. The average Bonchev–Trinajstić information content (AvgIpc) is 3.46. The van der Waals surface area contributed by atoms with Crippen molar-refractivity contribution in [2.45, 2.75) is 18.0 Å². The fourth-order valence-corrected chi connectivity index (χ4v) is 7.28. The van der Waals surface area contributed by atoms with Gasteiger partial charge >= 0.3 is 0 Å². The first-order valence-electron chi connectivity index (χ1n) is 13.8. The van der Waals surface area contributed by atoms with Crippen LogP contribution in [0.15, 0.2) is 91.0 Å². The molecule has 0 bridgehead atoms. The zero-order chi connectivity index (χ0) is 30.0. The molecule has 0 saturated carbocycles. The van der Waals surface area contributed by atoms with Crippen molar-refractivity contribution in [1.82, 2.24) is 0 Å². The lowest BCUT2D eigenvalue weighted by Crippen LogP contribution is -2.48. The van der Waals surface area contributed by atoms with Crippen LogP contribution in [0.4, 0.5) is 10.1 Å². The standard InChI is InChI=1S/C35H25ClFNO5/c1-42-27-15-9-21(18-28(27)43-2)30-31(32(39)19-7-11-22(36)12-8-19)38-26-14-13-23(37)17-20(26)10-16-29(38)35(30)33(40)24-5-3-4-6-25(24)34(35)41/h3-18,29-31H,1-2H3/t29-,30-,31-/m1/s1. The summed E-state index contributed by atoms with van der Waals surface area (Å²) in [6.07, 6.45) is 3.48. The van der Waals surface area contributed by atoms with Gasteiger partial charge in [0.05, 0.1) is 20.3 Å². The minimum Gasteiger partial charge on any atom is -0.493 e. The third-order valence-corrected chi connectivity index (χ3v) is 9.18. The van der Waals surface area contributed by atoms with E-state index >= 15 is 0 Å². The summed E-state index contributed by atoms with van der Waals surface area (Å²) in [5.74, 6) is -1.55. The molecule has 4 aromatic carbocycles. The highest BCUT2D eigenvalue weighted by Gasteiger charge is 2.71. The van der Waals surface area contributed by atoms with Crippen LogP contribution in [0.1, 0.15) is 48.1 Å². The molecule has 2 heterocycles. The minimum absolute atomic E-state index is 0.305. The topological polar surface area (TPSA) is 72.9 Å². The summed E-state index contributed by atoms with van der Waals surface area (Å²) < 4.78 is 25.5. The van der Waals surface area contributed by atoms with E-state index in [0.29, 0.717) is 50.0 Å². The Morgan fingerprint density at radius 1 is 0.860 bits per heavy atom. The van der Waals surface area contributed by atoms with Crippen LogP contribution in [0.3, 0.4) is 0 Å². The summed E-state index contributed by atoms with van der Waals surface area (Å²) in [5.41, 5.74) is 0.962. The third-order valence-electron chi connectivity index (χ3n) is 8.93. The molecule has 1 fully saturated rings. The van der Waals surface area contributed by atoms with Crippen LogP contribution in [-0.4, -0.2) is 43.7 Å². The van der Waals surface area contributed by atoms with Gasteiger partial charge in [0.15, 0.2) is 28.8 Å². The number of carbonyl (C=O) groups excluding carboxylic acids is 3. The molecule has 43 heavy (non-hydrogen) atoms. The second kappa shape index (κ2) is 9.92. The van der Waals surface area contributed by atoms with Gasteiger partial charge in [0, 0.05) is 38.9 Å². The molecular formula is C35H25ClFNO5. The van der Waals surface area contributed by atoms with Gasteiger partial charge < -0.3 is 14.4 Å². The maximum absolute atomic E-state index is 14.7. The number of anilines is 1. The summed E-state index contributed by atoms with van der Waals surface area (Å²) >= 11 is 6.16. The average molecular weight is 594 g/mol. The predicted octanol–water partition coefficient (Wildman–Crippen LogP) is 6.81. The van der Waals surface area contributed by atoms with Crippen molar-refractivity contribution < 1.29 is 28.2 Å². The maximum Gasteiger partial charge on any atom is 0.185 e. The number of ether oxygens (including phenoxy) is 2. The second-order valence-electron chi connectivity index (χ2n) is 10.9. The number of fused-ring (bicyclic) bond motifs is 5. The van der Waals surface area contributed by atoms with Crippen LogP contribution in [0, 0.1) is 11.2 Å². The van der Waals surface area contributed by atoms with E-state index in [2.05, 4.69) is 0 Å². The van der Waals surface area contributed by atoms with E-state index in [1.54, 1.807) is 84.9 Å². The minimum atomic E-state index is -1.70. The molecule has 1 aliphatic carbocycles. The Hall–Kier alpha value is -4.75. The molecule has 0 radical (unpaired) electrons. The number of halogens is 2. The molecular weight excluding hydrogens is 569 g/mol. The molecule has 0 N–H and O–H groups in total. The Balaban J connectivity index is 1.55. The van der Waals surface area contributed by atoms with Crippen LogP contribution in [0.25, 0.3) is 6.08 Å². The highest BCUT2D eigenvalue weighted by molar-refractivity contribution is 6.32. The molecule has 6 nitrogen and oxygen atoms in total. The summed E-state index contributed by atoms with van der Waals surface area (Å²) in [4.78, 5) is 46.0. The molecule has 2 aliphatic heterocycles. The highest BCUT2D eigenvalue weighted by atomic mass is 35.5.